The van der Waals surface area contributed by atoms with Crippen molar-refractivity contribution in [3.63, 3.8) is 0 Å². The number of ether oxygens (including phenoxy) is 2. The fraction of sp³-hybridized carbons (Fsp3) is 0.458. The van der Waals surface area contributed by atoms with Crippen LogP contribution in [0, 0.1) is 0 Å². The number of halogens is 3. The Morgan fingerprint density at radius 2 is 1.68 bits per heavy atom. The zero-order chi connectivity index (χ0) is 22.4. The summed E-state index contributed by atoms with van der Waals surface area (Å²) in [6.07, 6.45) is -2.63. The van der Waals surface area contributed by atoms with E-state index in [9.17, 15) is 18.0 Å². The summed E-state index contributed by atoms with van der Waals surface area (Å²) in [4.78, 5) is 14.5. The fourth-order valence-corrected chi connectivity index (χ4v) is 3.73. The van der Waals surface area contributed by atoms with Crippen LogP contribution < -0.4 is 9.47 Å². The minimum Gasteiger partial charge on any atom is -0.490 e. The van der Waals surface area contributed by atoms with Gasteiger partial charge in [-0.25, -0.2) is 0 Å². The Kier molecular flexibility index (Phi) is 7.46. The maximum Gasteiger partial charge on any atom is 0.416 e. The molecule has 1 unspecified atom stereocenters. The van der Waals surface area contributed by atoms with Crippen molar-refractivity contribution in [1.29, 1.82) is 0 Å². The van der Waals surface area contributed by atoms with E-state index in [2.05, 4.69) is 0 Å². The van der Waals surface area contributed by atoms with E-state index in [0.29, 0.717) is 31.2 Å². The standard InChI is InChI=1S/C24H28F3NO3/c1-3-30-21-6-4-5-7-22(21)31-20-12-14-28(15-13-20)23(29)16-17(2)18-8-10-19(11-9-18)24(25,26)27/h4-11,17,20H,3,12-16H2,1-2H3. The SMILES string of the molecule is CCOc1ccccc1OC1CCN(C(=O)CC(C)c2ccc(C(F)(F)F)cc2)CC1. The molecule has 0 bridgehead atoms. The van der Waals surface area contributed by atoms with E-state index in [4.69, 9.17) is 9.47 Å². The molecule has 168 valence electrons. The fourth-order valence-electron chi connectivity index (χ4n) is 3.73. The van der Waals surface area contributed by atoms with Crippen molar-refractivity contribution in [1.82, 2.24) is 4.90 Å². The molecule has 1 aliphatic heterocycles. The topological polar surface area (TPSA) is 38.8 Å². The number of likely N-dealkylation sites (tertiary alicyclic amines) is 1. The van der Waals surface area contributed by atoms with Gasteiger partial charge < -0.3 is 14.4 Å². The highest BCUT2D eigenvalue weighted by Gasteiger charge is 2.30. The predicted octanol–water partition coefficient (Wildman–Crippen LogP) is 5.67. The molecule has 7 heteroatoms. The van der Waals surface area contributed by atoms with E-state index in [-0.39, 0.29) is 24.3 Å². The van der Waals surface area contributed by atoms with Crippen LogP contribution in [0.4, 0.5) is 13.2 Å². The quantitative estimate of drug-likeness (QED) is 0.563. The number of rotatable bonds is 7. The van der Waals surface area contributed by atoms with Crippen LogP contribution in [0.5, 0.6) is 11.5 Å². The Morgan fingerprint density at radius 3 is 2.26 bits per heavy atom. The molecule has 1 heterocycles. The lowest BCUT2D eigenvalue weighted by Gasteiger charge is -2.33. The van der Waals surface area contributed by atoms with E-state index >= 15 is 0 Å². The molecule has 4 nitrogen and oxygen atoms in total. The number of amides is 1. The summed E-state index contributed by atoms with van der Waals surface area (Å²) in [6, 6.07) is 12.6. The zero-order valence-electron chi connectivity index (χ0n) is 17.8. The lowest BCUT2D eigenvalue weighted by Crippen LogP contribution is -2.42. The van der Waals surface area contributed by atoms with E-state index in [0.717, 1.165) is 30.5 Å². The third-order valence-corrected chi connectivity index (χ3v) is 5.53. The van der Waals surface area contributed by atoms with Crippen molar-refractivity contribution in [3.8, 4) is 11.5 Å². The summed E-state index contributed by atoms with van der Waals surface area (Å²) in [6.45, 7) is 5.54. The van der Waals surface area contributed by atoms with Gasteiger partial charge in [0.1, 0.15) is 6.10 Å². The molecular weight excluding hydrogens is 407 g/mol. The van der Waals surface area contributed by atoms with Gasteiger partial charge in [-0.1, -0.05) is 31.2 Å². The van der Waals surface area contributed by atoms with Gasteiger partial charge in [-0.3, -0.25) is 4.79 Å². The molecule has 1 aliphatic rings. The second-order valence-corrected chi connectivity index (χ2v) is 7.80. The van der Waals surface area contributed by atoms with Crippen LogP contribution in [0.15, 0.2) is 48.5 Å². The smallest absolute Gasteiger partial charge is 0.416 e. The predicted molar refractivity (Wildman–Crippen MR) is 112 cm³/mol. The maximum atomic E-state index is 12.7. The number of hydrogen-bond acceptors (Lipinski definition) is 3. The second-order valence-electron chi connectivity index (χ2n) is 7.80. The maximum absolute atomic E-state index is 12.7. The summed E-state index contributed by atoms with van der Waals surface area (Å²) in [5.74, 6) is 1.29. The lowest BCUT2D eigenvalue weighted by molar-refractivity contribution is -0.137. The van der Waals surface area contributed by atoms with Crippen molar-refractivity contribution >= 4 is 5.91 Å². The number of benzene rings is 2. The Bertz CT molecular complexity index is 859. The van der Waals surface area contributed by atoms with Gasteiger partial charge >= 0.3 is 6.18 Å². The van der Waals surface area contributed by atoms with Crippen molar-refractivity contribution in [2.45, 2.75) is 51.3 Å². The molecule has 1 atom stereocenters. The summed E-state index contributed by atoms with van der Waals surface area (Å²) in [5, 5.41) is 0. The molecule has 0 N–H and O–H groups in total. The number of hydrogen-bond donors (Lipinski definition) is 0. The first-order valence-electron chi connectivity index (χ1n) is 10.6. The third-order valence-electron chi connectivity index (χ3n) is 5.53. The zero-order valence-corrected chi connectivity index (χ0v) is 17.8. The molecule has 0 aromatic heterocycles. The number of para-hydroxylation sites is 2. The van der Waals surface area contributed by atoms with Crippen LogP contribution >= 0.6 is 0 Å². The largest absolute Gasteiger partial charge is 0.490 e. The summed E-state index contributed by atoms with van der Waals surface area (Å²) in [7, 11) is 0. The average Bonchev–Trinajstić information content (AvgIpc) is 2.75. The Labute approximate surface area is 181 Å². The Balaban J connectivity index is 1.50. The minimum absolute atomic E-state index is 0.0120. The van der Waals surface area contributed by atoms with Gasteiger partial charge in [-0.15, -0.1) is 0 Å². The van der Waals surface area contributed by atoms with Crippen LogP contribution in [0.3, 0.4) is 0 Å². The van der Waals surface area contributed by atoms with E-state index in [1.165, 1.54) is 12.1 Å². The molecule has 0 spiro atoms. The normalized spacial score (nSPS) is 16.1. The molecule has 0 saturated carbocycles. The molecule has 31 heavy (non-hydrogen) atoms. The molecule has 2 aromatic carbocycles. The Hall–Kier alpha value is -2.70. The molecular formula is C24H28F3NO3. The molecule has 1 amide bonds. The first-order valence-corrected chi connectivity index (χ1v) is 10.6. The van der Waals surface area contributed by atoms with Crippen molar-refractivity contribution in [3.05, 3.63) is 59.7 Å². The first-order chi connectivity index (χ1) is 14.8. The molecule has 0 radical (unpaired) electrons. The van der Waals surface area contributed by atoms with Gasteiger partial charge in [0.15, 0.2) is 11.5 Å². The molecule has 3 rings (SSSR count). The summed E-state index contributed by atoms with van der Waals surface area (Å²) >= 11 is 0. The van der Waals surface area contributed by atoms with E-state index < -0.39 is 11.7 Å². The molecule has 1 fully saturated rings. The van der Waals surface area contributed by atoms with Gasteiger partial charge in [-0.05, 0) is 42.7 Å². The minimum atomic E-state index is -4.35. The van der Waals surface area contributed by atoms with Crippen molar-refractivity contribution in [2.75, 3.05) is 19.7 Å². The average molecular weight is 435 g/mol. The van der Waals surface area contributed by atoms with Crippen LogP contribution in [0.1, 0.15) is 50.2 Å². The molecule has 2 aromatic rings. The number of piperidine rings is 1. The van der Waals surface area contributed by atoms with Crippen LogP contribution in [-0.2, 0) is 11.0 Å². The van der Waals surface area contributed by atoms with Crippen LogP contribution in [0.25, 0.3) is 0 Å². The highest BCUT2D eigenvalue weighted by molar-refractivity contribution is 5.77. The van der Waals surface area contributed by atoms with Crippen molar-refractivity contribution in [2.24, 2.45) is 0 Å². The van der Waals surface area contributed by atoms with E-state index in [1.807, 2.05) is 43.0 Å². The van der Waals surface area contributed by atoms with Crippen LogP contribution in [0.2, 0.25) is 0 Å². The number of carbonyl (C=O) groups excluding carboxylic acids is 1. The van der Waals surface area contributed by atoms with Gasteiger partial charge in [-0.2, -0.15) is 13.2 Å². The van der Waals surface area contributed by atoms with Gasteiger partial charge in [0, 0.05) is 32.4 Å². The van der Waals surface area contributed by atoms with Crippen LogP contribution in [-0.4, -0.2) is 36.6 Å². The number of nitrogens with zero attached hydrogens (tertiary/aromatic N) is 1. The second kappa shape index (κ2) is 10.1. The molecule has 0 aliphatic carbocycles. The monoisotopic (exact) mass is 435 g/mol. The highest BCUT2D eigenvalue weighted by atomic mass is 19.4. The lowest BCUT2D eigenvalue weighted by atomic mass is 9.95. The van der Waals surface area contributed by atoms with Gasteiger partial charge in [0.05, 0.1) is 12.2 Å². The number of alkyl halides is 3. The summed E-state index contributed by atoms with van der Waals surface area (Å²) < 4.78 is 49.9. The van der Waals surface area contributed by atoms with Gasteiger partial charge in [0.25, 0.3) is 0 Å². The summed E-state index contributed by atoms with van der Waals surface area (Å²) in [5.41, 5.74) is 0.0508. The van der Waals surface area contributed by atoms with E-state index in [1.54, 1.807) is 0 Å². The highest BCUT2D eigenvalue weighted by Crippen LogP contribution is 2.32. The molecule has 1 saturated heterocycles. The third kappa shape index (κ3) is 6.15. The first kappa shape index (κ1) is 23.0. The Morgan fingerprint density at radius 1 is 1.06 bits per heavy atom. The number of carbonyl (C=O) groups is 1. The van der Waals surface area contributed by atoms with Gasteiger partial charge in [0.2, 0.25) is 5.91 Å². The van der Waals surface area contributed by atoms with Crippen molar-refractivity contribution < 1.29 is 27.4 Å².